The van der Waals surface area contributed by atoms with Gasteiger partial charge in [0, 0.05) is 12.0 Å². The predicted molar refractivity (Wildman–Crippen MR) is 82.7 cm³/mol. The van der Waals surface area contributed by atoms with Crippen LogP contribution < -0.4 is 5.32 Å². The Morgan fingerprint density at radius 1 is 1.30 bits per heavy atom. The highest BCUT2D eigenvalue weighted by Gasteiger charge is 2.31. The van der Waals surface area contributed by atoms with Crippen molar-refractivity contribution < 1.29 is 14.6 Å². The Morgan fingerprint density at radius 2 is 1.90 bits per heavy atom. The van der Waals surface area contributed by atoms with E-state index in [-0.39, 0.29) is 12.0 Å². The first kappa shape index (κ1) is 19.2. The van der Waals surface area contributed by atoms with Crippen LogP contribution in [0.4, 0.5) is 4.79 Å². The number of aliphatic hydroxyl groups excluding tert-OH is 1. The van der Waals surface area contributed by atoms with Crippen LogP contribution in [0, 0.1) is 11.3 Å². The summed E-state index contributed by atoms with van der Waals surface area (Å²) in [5.41, 5.74) is -0.728. The number of aliphatic hydroxyl groups is 1. The van der Waals surface area contributed by atoms with Gasteiger partial charge in [-0.1, -0.05) is 33.6 Å². The molecule has 120 valence electrons. The SMILES string of the molecule is CCCCC(CO)(CNC(=O)OC(C)(C)C)CC(C)C. The second-order valence-corrected chi connectivity index (χ2v) is 7.22. The van der Waals surface area contributed by atoms with Gasteiger partial charge in [0.15, 0.2) is 0 Å². The van der Waals surface area contributed by atoms with Crippen LogP contribution in [0.1, 0.15) is 67.2 Å². The van der Waals surface area contributed by atoms with Crippen molar-refractivity contribution in [3.63, 3.8) is 0 Å². The van der Waals surface area contributed by atoms with Gasteiger partial charge in [0.1, 0.15) is 5.60 Å². The van der Waals surface area contributed by atoms with Gasteiger partial charge in [-0.15, -0.1) is 0 Å². The lowest BCUT2D eigenvalue weighted by Crippen LogP contribution is -2.43. The van der Waals surface area contributed by atoms with Crippen LogP contribution in [0.15, 0.2) is 0 Å². The summed E-state index contributed by atoms with van der Waals surface area (Å²) >= 11 is 0. The number of carbonyl (C=O) groups is 1. The van der Waals surface area contributed by atoms with Gasteiger partial charge in [0.25, 0.3) is 0 Å². The molecule has 0 aliphatic rings. The zero-order valence-corrected chi connectivity index (χ0v) is 14.1. The number of ether oxygens (including phenoxy) is 1. The van der Waals surface area contributed by atoms with Gasteiger partial charge in [-0.05, 0) is 39.5 Å². The predicted octanol–water partition coefficient (Wildman–Crippen LogP) is 3.73. The summed E-state index contributed by atoms with van der Waals surface area (Å²) in [7, 11) is 0. The van der Waals surface area contributed by atoms with Crippen molar-refractivity contribution >= 4 is 6.09 Å². The van der Waals surface area contributed by atoms with Crippen LogP contribution in [-0.2, 0) is 4.74 Å². The van der Waals surface area contributed by atoms with E-state index in [1.54, 1.807) is 0 Å². The van der Waals surface area contributed by atoms with Crippen molar-refractivity contribution in [2.45, 2.75) is 72.8 Å². The van der Waals surface area contributed by atoms with Gasteiger partial charge in [-0.25, -0.2) is 4.79 Å². The monoisotopic (exact) mass is 287 g/mol. The van der Waals surface area contributed by atoms with E-state index < -0.39 is 11.7 Å². The first-order valence-corrected chi connectivity index (χ1v) is 7.72. The molecule has 0 aromatic heterocycles. The molecule has 0 saturated heterocycles. The number of nitrogens with one attached hydrogen (secondary N) is 1. The lowest BCUT2D eigenvalue weighted by molar-refractivity contribution is 0.0422. The van der Waals surface area contributed by atoms with Gasteiger partial charge < -0.3 is 15.2 Å². The van der Waals surface area contributed by atoms with Crippen molar-refractivity contribution in [2.75, 3.05) is 13.2 Å². The number of unbranched alkanes of at least 4 members (excludes halogenated alkanes) is 1. The summed E-state index contributed by atoms with van der Waals surface area (Å²) in [6.07, 6.45) is 3.57. The largest absolute Gasteiger partial charge is 0.444 e. The van der Waals surface area contributed by atoms with Crippen molar-refractivity contribution in [1.29, 1.82) is 0 Å². The van der Waals surface area contributed by atoms with Gasteiger partial charge in [0.2, 0.25) is 0 Å². The zero-order chi connectivity index (χ0) is 15.8. The molecule has 0 radical (unpaired) electrons. The zero-order valence-electron chi connectivity index (χ0n) is 14.1. The Kier molecular flexibility index (Phi) is 8.17. The second kappa shape index (κ2) is 8.50. The van der Waals surface area contributed by atoms with E-state index in [1.807, 2.05) is 20.8 Å². The molecule has 0 fully saturated rings. The van der Waals surface area contributed by atoms with E-state index in [9.17, 15) is 9.90 Å². The first-order chi connectivity index (χ1) is 9.14. The van der Waals surface area contributed by atoms with Gasteiger partial charge in [-0.3, -0.25) is 0 Å². The third-order valence-electron chi connectivity index (χ3n) is 3.24. The standard InChI is InChI=1S/C16H33NO3/c1-7-8-9-16(12-18,10-13(2)3)11-17-14(19)20-15(4,5)6/h13,18H,7-12H2,1-6H3,(H,17,19). The van der Waals surface area contributed by atoms with E-state index in [4.69, 9.17) is 4.74 Å². The van der Waals surface area contributed by atoms with E-state index in [0.29, 0.717) is 12.5 Å². The Labute approximate surface area is 124 Å². The average molecular weight is 287 g/mol. The Balaban J connectivity index is 4.58. The quantitative estimate of drug-likeness (QED) is 0.715. The van der Waals surface area contributed by atoms with Crippen LogP contribution in [-0.4, -0.2) is 30.0 Å². The minimum atomic E-state index is -0.493. The summed E-state index contributed by atoms with van der Waals surface area (Å²) in [6, 6.07) is 0. The number of hydrogen-bond donors (Lipinski definition) is 2. The number of rotatable bonds is 8. The summed E-state index contributed by atoms with van der Waals surface area (Å²) < 4.78 is 5.26. The molecule has 0 bridgehead atoms. The van der Waals surface area contributed by atoms with E-state index in [0.717, 1.165) is 25.7 Å². The molecule has 0 saturated carbocycles. The molecule has 0 aliphatic heterocycles. The fraction of sp³-hybridized carbons (Fsp3) is 0.938. The minimum absolute atomic E-state index is 0.0982. The molecule has 0 aliphatic carbocycles. The summed E-state index contributed by atoms with van der Waals surface area (Å²) in [6.45, 7) is 12.5. The lowest BCUT2D eigenvalue weighted by atomic mass is 9.76. The number of carbonyl (C=O) groups excluding carboxylic acids is 1. The van der Waals surface area contributed by atoms with Gasteiger partial charge >= 0.3 is 6.09 Å². The first-order valence-electron chi connectivity index (χ1n) is 7.72. The Hall–Kier alpha value is -0.770. The molecule has 0 aromatic rings. The normalized spacial score (nSPS) is 15.0. The van der Waals surface area contributed by atoms with E-state index >= 15 is 0 Å². The molecular formula is C16H33NO3. The molecule has 1 amide bonds. The summed E-state index contributed by atoms with van der Waals surface area (Å²) in [5.74, 6) is 0.486. The highest BCUT2D eigenvalue weighted by Crippen LogP contribution is 2.31. The van der Waals surface area contributed by atoms with Crippen LogP contribution in [0.2, 0.25) is 0 Å². The van der Waals surface area contributed by atoms with Crippen molar-refractivity contribution in [3.05, 3.63) is 0 Å². The number of hydrogen-bond acceptors (Lipinski definition) is 3. The molecule has 1 atom stereocenters. The number of amides is 1. The third kappa shape index (κ3) is 8.41. The highest BCUT2D eigenvalue weighted by atomic mass is 16.6. The molecule has 20 heavy (non-hydrogen) atoms. The molecule has 4 nitrogen and oxygen atoms in total. The minimum Gasteiger partial charge on any atom is -0.444 e. The molecule has 2 N–H and O–H groups in total. The maximum Gasteiger partial charge on any atom is 0.407 e. The Morgan fingerprint density at radius 3 is 2.30 bits per heavy atom. The van der Waals surface area contributed by atoms with Crippen molar-refractivity contribution in [3.8, 4) is 0 Å². The van der Waals surface area contributed by atoms with Crippen LogP contribution in [0.5, 0.6) is 0 Å². The molecule has 0 spiro atoms. The van der Waals surface area contributed by atoms with Crippen LogP contribution >= 0.6 is 0 Å². The average Bonchev–Trinajstić information content (AvgIpc) is 2.30. The van der Waals surface area contributed by atoms with Gasteiger partial charge in [-0.2, -0.15) is 0 Å². The molecule has 0 aromatic carbocycles. The van der Waals surface area contributed by atoms with Crippen molar-refractivity contribution in [2.24, 2.45) is 11.3 Å². The van der Waals surface area contributed by atoms with Gasteiger partial charge in [0.05, 0.1) is 6.61 Å². The maximum atomic E-state index is 11.8. The van der Waals surface area contributed by atoms with Crippen LogP contribution in [0.25, 0.3) is 0 Å². The maximum absolute atomic E-state index is 11.8. The fourth-order valence-corrected chi connectivity index (χ4v) is 2.45. The van der Waals surface area contributed by atoms with Crippen molar-refractivity contribution in [1.82, 2.24) is 5.32 Å². The van der Waals surface area contributed by atoms with Crippen LogP contribution in [0.3, 0.4) is 0 Å². The number of alkyl carbamates (subject to hydrolysis) is 1. The molecule has 0 rings (SSSR count). The Bertz CT molecular complexity index is 284. The second-order valence-electron chi connectivity index (χ2n) is 7.22. The highest BCUT2D eigenvalue weighted by molar-refractivity contribution is 5.67. The molecule has 0 heterocycles. The topological polar surface area (TPSA) is 58.6 Å². The van der Waals surface area contributed by atoms with E-state index in [1.165, 1.54) is 0 Å². The smallest absolute Gasteiger partial charge is 0.407 e. The summed E-state index contributed by atoms with van der Waals surface area (Å²) in [4.78, 5) is 11.8. The fourth-order valence-electron chi connectivity index (χ4n) is 2.45. The van der Waals surface area contributed by atoms with E-state index in [2.05, 4.69) is 26.1 Å². The third-order valence-corrected chi connectivity index (χ3v) is 3.24. The summed E-state index contributed by atoms with van der Waals surface area (Å²) in [5, 5.41) is 12.6. The molecular weight excluding hydrogens is 254 g/mol. The lowest BCUT2D eigenvalue weighted by Gasteiger charge is -2.34. The molecule has 4 heteroatoms. The molecule has 1 unspecified atom stereocenters.